The van der Waals surface area contributed by atoms with Gasteiger partial charge in [-0.1, -0.05) is 0 Å². The second-order valence-corrected chi connectivity index (χ2v) is 4.63. The lowest BCUT2D eigenvalue weighted by Gasteiger charge is -2.16. The third-order valence-corrected chi connectivity index (χ3v) is 3.03. The smallest absolute Gasteiger partial charge is 0.267 e. The van der Waals surface area contributed by atoms with Crippen LogP contribution in [0.1, 0.15) is 37.1 Å². The molecular formula is C12H17N5O2. The number of aromatic nitrogens is 2. The number of hydrogen-bond acceptors (Lipinski definition) is 4. The molecule has 1 aliphatic rings. The van der Waals surface area contributed by atoms with Crippen LogP contribution in [0.15, 0.2) is 11.3 Å². The molecule has 0 radical (unpaired) electrons. The van der Waals surface area contributed by atoms with E-state index in [-0.39, 0.29) is 17.9 Å². The number of carbonyl (C=O) groups is 2. The molecule has 1 aromatic heterocycles. The molecule has 0 spiro atoms. The molecule has 102 valence electrons. The van der Waals surface area contributed by atoms with E-state index in [2.05, 4.69) is 20.9 Å². The van der Waals surface area contributed by atoms with Gasteiger partial charge in [-0.25, -0.2) is 5.43 Å². The van der Waals surface area contributed by atoms with Gasteiger partial charge in [-0.3, -0.25) is 14.3 Å². The van der Waals surface area contributed by atoms with Crippen molar-refractivity contribution in [1.82, 2.24) is 20.5 Å². The van der Waals surface area contributed by atoms with Crippen LogP contribution in [0.25, 0.3) is 0 Å². The Bertz CT molecular complexity index is 546. The Hall–Kier alpha value is -2.18. The number of hydrogen-bond donors (Lipinski definition) is 2. The number of nitrogens with one attached hydrogen (secondary N) is 2. The first-order valence-electron chi connectivity index (χ1n) is 6.13. The minimum absolute atomic E-state index is 0.151. The molecule has 0 bridgehead atoms. The number of rotatable bonds is 3. The summed E-state index contributed by atoms with van der Waals surface area (Å²) >= 11 is 0. The topological polar surface area (TPSA) is 88.4 Å². The maximum atomic E-state index is 12.0. The quantitative estimate of drug-likeness (QED) is 0.815. The summed E-state index contributed by atoms with van der Waals surface area (Å²) in [6, 6.07) is -0.151. The highest BCUT2D eigenvalue weighted by atomic mass is 16.2. The van der Waals surface area contributed by atoms with Gasteiger partial charge in [-0.15, -0.1) is 0 Å². The number of carbonyl (C=O) groups excluding carboxylic acids is 2. The van der Waals surface area contributed by atoms with E-state index in [1.165, 1.54) is 0 Å². The lowest BCUT2D eigenvalue weighted by molar-refractivity contribution is -0.121. The number of hydrazone groups is 1. The Morgan fingerprint density at radius 2 is 2.26 bits per heavy atom. The van der Waals surface area contributed by atoms with Gasteiger partial charge in [0.15, 0.2) is 0 Å². The number of aryl methyl sites for hydroxylation is 2. The van der Waals surface area contributed by atoms with Crippen molar-refractivity contribution in [3.05, 3.63) is 17.5 Å². The van der Waals surface area contributed by atoms with Gasteiger partial charge >= 0.3 is 0 Å². The first-order valence-corrected chi connectivity index (χ1v) is 6.13. The molecule has 19 heavy (non-hydrogen) atoms. The van der Waals surface area contributed by atoms with Crippen molar-refractivity contribution < 1.29 is 9.59 Å². The third-order valence-electron chi connectivity index (χ3n) is 3.03. The minimum atomic E-state index is -0.254. The first kappa shape index (κ1) is 13.3. The Morgan fingerprint density at radius 3 is 2.79 bits per heavy atom. The van der Waals surface area contributed by atoms with E-state index in [9.17, 15) is 9.59 Å². The molecule has 2 N–H and O–H groups in total. The molecule has 0 saturated heterocycles. The van der Waals surface area contributed by atoms with Gasteiger partial charge in [0.05, 0.1) is 11.7 Å². The second kappa shape index (κ2) is 5.21. The maximum Gasteiger partial charge on any atom is 0.267 e. The summed E-state index contributed by atoms with van der Waals surface area (Å²) in [6.45, 7) is 3.79. The van der Waals surface area contributed by atoms with Crippen molar-refractivity contribution in [2.75, 3.05) is 0 Å². The van der Waals surface area contributed by atoms with Crippen LogP contribution in [-0.4, -0.2) is 27.3 Å². The highest BCUT2D eigenvalue weighted by Gasteiger charge is 2.21. The van der Waals surface area contributed by atoms with Gasteiger partial charge in [0.2, 0.25) is 5.91 Å². The van der Waals surface area contributed by atoms with Crippen LogP contribution in [0, 0.1) is 6.92 Å². The average Bonchev–Trinajstić information content (AvgIpc) is 2.69. The summed E-state index contributed by atoms with van der Waals surface area (Å²) in [7, 11) is 1.84. The zero-order valence-electron chi connectivity index (χ0n) is 11.2. The molecule has 0 aliphatic carbocycles. The van der Waals surface area contributed by atoms with Gasteiger partial charge in [-0.05, 0) is 13.8 Å². The summed E-state index contributed by atoms with van der Waals surface area (Å²) in [5, 5.41) is 10.9. The minimum Gasteiger partial charge on any atom is -0.344 e. The summed E-state index contributed by atoms with van der Waals surface area (Å²) in [5.41, 5.74) is 4.52. The Morgan fingerprint density at radius 1 is 1.53 bits per heavy atom. The fourth-order valence-electron chi connectivity index (χ4n) is 2.04. The van der Waals surface area contributed by atoms with Crippen LogP contribution in [0.3, 0.4) is 0 Å². The molecule has 1 aliphatic heterocycles. The van der Waals surface area contributed by atoms with E-state index < -0.39 is 0 Å². The molecule has 0 saturated carbocycles. The van der Waals surface area contributed by atoms with Crippen molar-refractivity contribution in [2.24, 2.45) is 12.1 Å². The van der Waals surface area contributed by atoms with Gasteiger partial charge in [0.25, 0.3) is 5.91 Å². The molecule has 1 unspecified atom stereocenters. The standard InChI is InChI=1S/C12H17N5O2/c1-7(9-6-17(3)16-8(9)2)13-12(19)10-4-5-11(18)15-14-10/h6-7H,4-5H2,1-3H3,(H,13,19)(H,15,18). The van der Waals surface area contributed by atoms with E-state index in [0.29, 0.717) is 18.6 Å². The maximum absolute atomic E-state index is 12.0. The lowest BCUT2D eigenvalue weighted by Crippen LogP contribution is -2.38. The average molecular weight is 263 g/mol. The second-order valence-electron chi connectivity index (χ2n) is 4.63. The van der Waals surface area contributed by atoms with Crippen molar-refractivity contribution in [2.45, 2.75) is 32.7 Å². The van der Waals surface area contributed by atoms with E-state index >= 15 is 0 Å². The van der Waals surface area contributed by atoms with Gasteiger partial charge in [-0.2, -0.15) is 10.2 Å². The highest BCUT2D eigenvalue weighted by Crippen LogP contribution is 2.15. The zero-order chi connectivity index (χ0) is 14.0. The van der Waals surface area contributed by atoms with E-state index in [0.717, 1.165) is 11.3 Å². The van der Waals surface area contributed by atoms with Gasteiger partial charge in [0.1, 0.15) is 5.71 Å². The number of nitrogens with zero attached hydrogens (tertiary/aromatic N) is 3. The molecule has 1 aromatic rings. The van der Waals surface area contributed by atoms with E-state index in [4.69, 9.17) is 0 Å². The third kappa shape index (κ3) is 2.98. The molecule has 2 heterocycles. The zero-order valence-corrected chi connectivity index (χ0v) is 11.2. The fourth-order valence-corrected chi connectivity index (χ4v) is 2.04. The molecule has 0 fully saturated rings. The van der Waals surface area contributed by atoms with Gasteiger partial charge in [0, 0.05) is 31.6 Å². The molecule has 1 atom stereocenters. The predicted octanol–water partition coefficient (Wildman–Crippen LogP) is 0.172. The van der Waals surface area contributed by atoms with Gasteiger partial charge < -0.3 is 5.32 Å². The van der Waals surface area contributed by atoms with Crippen molar-refractivity contribution in [3.63, 3.8) is 0 Å². The van der Waals surface area contributed by atoms with Crippen LogP contribution in [0.2, 0.25) is 0 Å². The van der Waals surface area contributed by atoms with E-state index in [1.807, 2.05) is 27.1 Å². The number of amides is 2. The fraction of sp³-hybridized carbons (Fsp3) is 0.500. The SMILES string of the molecule is Cc1nn(C)cc1C(C)NC(=O)C1=NNC(=O)CC1. The molecule has 7 heteroatoms. The van der Waals surface area contributed by atoms with Crippen molar-refractivity contribution >= 4 is 17.5 Å². The van der Waals surface area contributed by atoms with Crippen LogP contribution < -0.4 is 10.7 Å². The molecule has 2 rings (SSSR count). The van der Waals surface area contributed by atoms with Crippen LogP contribution in [0.4, 0.5) is 0 Å². The van der Waals surface area contributed by atoms with Crippen molar-refractivity contribution in [3.8, 4) is 0 Å². The van der Waals surface area contributed by atoms with Crippen molar-refractivity contribution in [1.29, 1.82) is 0 Å². The largest absolute Gasteiger partial charge is 0.344 e. The molecule has 7 nitrogen and oxygen atoms in total. The predicted molar refractivity (Wildman–Crippen MR) is 69.3 cm³/mol. The summed E-state index contributed by atoms with van der Waals surface area (Å²) in [5.74, 6) is -0.413. The van der Waals surface area contributed by atoms with Crippen LogP contribution >= 0.6 is 0 Å². The summed E-state index contributed by atoms with van der Waals surface area (Å²) < 4.78 is 1.71. The van der Waals surface area contributed by atoms with E-state index in [1.54, 1.807) is 4.68 Å². The lowest BCUT2D eigenvalue weighted by atomic mass is 10.1. The highest BCUT2D eigenvalue weighted by molar-refractivity contribution is 6.39. The molecule has 2 amide bonds. The first-order chi connectivity index (χ1) is 8.97. The summed E-state index contributed by atoms with van der Waals surface area (Å²) in [6.07, 6.45) is 2.55. The summed E-state index contributed by atoms with van der Waals surface area (Å²) in [4.78, 5) is 22.9. The monoisotopic (exact) mass is 263 g/mol. The normalized spacial score (nSPS) is 16.6. The Labute approximate surface area is 111 Å². The molecular weight excluding hydrogens is 246 g/mol. The Balaban J connectivity index is 2.03. The Kier molecular flexibility index (Phi) is 3.64. The molecule has 0 aromatic carbocycles. The van der Waals surface area contributed by atoms with Crippen LogP contribution in [0.5, 0.6) is 0 Å². The van der Waals surface area contributed by atoms with Crippen LogP contribution in [-0.2, 0) is 16.6 Å².